The van der Waals surface area contributed by atoms with E-state index >= 15 is 0 Å². The van der Waals surface area contributed by atoms with Gasteiger partial charge in [0.2, 0.25) is 0 Å². The van der Waals surface area contributed by atoms with E-state index in [1.54, 1.807) is 6.07 Å². The number of esters is 1. The highest BCUT2D eigenvalue weighted by Gasteiger charge is 2.16. The van der Waals surface area contributed by atoms with Gasteiger partial charge in [-0.3, -0.25) is 4.79 Å². The molecule has 3 nitrogen and oxygen atoms in total. The molecule has 0 bridgehead atoms. The monoisotopic (exact) mass is 205 g/mol. The lowest BCUT2D eigenvalue weighted by Gasteiger charge is -2.11. The Balaban J connectivity index is 2.14. The third kappa shape index (κ3) is 2.57. The van der Waals surface area contributed by atoms with Gasteiger partial charge in [0.1, 0.15) is 5.75 Å². The van der Waals surface area contributed by atoms with Gasteiger partial charge < -0.3 is 10.1 Å². The van der Waals surface area contributed by atoms with Crippen molar-refractivity contribution in [1.29, 1.82) is 0 Å². The van der Waals surface area contributed by atoms with Crippen LogP contribution in [0.5, 0.6) is 5.75 Å². The Labute approximate surface area is 89.4 Å². The molecule has 2 rings (SSSR count). The minimum atomic E-state index is -0.272. The Hall–Kier alpha value is -1.35. The van der Waals surface area contributed by atoms with Crippen molar-refractivity contribution in [3.05, 3.63) is 29.8 Å². The number of rotatable bonds is 2. The predicted molar refractivity (Wildman–Crippen MR) is 57.7 cm³/mol. The number of hydrogen-bond acceptors (Lipinski definition) is 3. The van der Waals surface area contributed by atoms with Crippen molar-refractivity contribution < 1.29 is 9.53 Å². The molecule has 1 fully saturated rings. The van der Waals surface area contributed by atoms with E-state index in [4.69, 9.17) is 4.74 Å². The first-order valence-corrected chi connectivity index (χ1v) is 5.27. The second kappa shape index (κ2) is 4.45. The number of carbonyl (C=O) groups excluding carboxylic acids is 1. The van der Waals surface area contributed by atoms with Gasteiger partial charge in [0.25, 0.3) is 0 Å². The highest BCUT2D eigenvalue weighted by atomic mass is 16.5. The number of benzene rings is 1. The van der Waals surface area contributed by atoms with Crippen molar-refractivity contribution in [3.8, 4) is 5.75 Å². The van der Waals surface area contributed by atoms with E-state index in [0.717, 1.165) is 13.0 Å². The van der Waals surface area contributed by atoms with Crippen molar-refractivity contribution in [2.75, 3.05) is 6.54 Å². The second-order valence-corrected chi connectivity index (χ2v) is 3.82. The first-order chi connectivity index (χ1) is 7.25. The van der Waals surface area contributed by atoms with Gasteiger partial charge in [-0.05, 0) is 37.1 Å². The lowest BCUT2D eigenvalue weighted by Crippen LogP contribution is -2.13. The third-order valence-electron chi connectivity index (χ3n) is 2.58. The SMILES string of the molecule is CC(=O)Oc1cccc([C@@H]2CCCN2)c1. The van der Waals surface area contributed by atoms with Crippen LogP contribution in [0.4, 0.5) is 0 Å². The normalized spacial score (nSPS) is 20.2. The molecule has 1 saturated heterocycles. The van der Waals surface area contributed by atoms with Crippen LogP contribution in [-0.4, -0.2) is 12.5 Å². The largest absolute Gasteiger partial charge is 0.427 e. The quantitative estimate of drug-likeness (QED) is 0.593. The van der Waals surface area contributed by atoms with Gasteiger partial charge >= 0.3 is 5.97 Å². The highest BCUT2D eigenvalue weighted by Crippen LogP contribution is 2.25. The molecule has 0 spiro atoms. The molecule has 1 atom stereocenters. The minimum absolute atomic E-state index is 0.272. The first-order valence-electron chi connectivity index (χ1n) is 5.27. The molecule has 0 saturated carbocycles. The zero-order valence-corrected chi connectivity index (χ0v) is 8.82. The zero-order valence-electron chi connectivity index (χ0n) is 8.82. The number of hydrogen-bond donors (Lipinski definition) is 1. The van der Waals surface area contributed by atoms with Gasteiger partial charge in [-0.1, -0.05) is 12.1 Å². The Morgan fingerprint density at radius 2 is 2.40 bits per heavy atom. The summed E-state index contributed by atoms with van der Waals surface area (Å²) >= 11 is 0. The molecule has 1 N–H and O–H groups in total. The summed E-state index contributed by atoms with van der Waals surface area (Å²) < 4.78 is 5.05. The van der Waals surface area contributed by atoms with E-state index in [-0.39, 0.29) is 5.97 Å². The molecule has 0 amide bonds. The molecule has 3 heteroatoms. The van der Waals surface area contributed by atoms with Crippen LogP contribution in [0.15, 0.2) is 24.3 Å². The molecule has 15 heavy (non-hydrogen) atoms. The summed E-state index contributed by atoms with van der Waals surface area (Å²) in [6, 6.07) is 8.15. The van der Waals surface area contributed by atoms with Crippen LogP contribution in [-0.2, 0) is 4.79 Å². The van der Waals surface area contributed by atoms with Crippen LogP contribution >= 0.6 is 0 Å². The zero-order chi connectivity index (χ0) is 10.7. The summed E-state index contributed by atoms with van der Waals surface area (Å²) in [5, 5.41) is 3.41. The second-order valence-electron chi connectivity index (χ2n) is 3.82. The number of nitrogens with one attached hydrogen (secondary N) is 1. The first kappa shape index (κ1) is 10.2. The summed E-state index contributed by atoms with van der Waals surface area (Å²) in [5.74, 6) is 0.361. The predicted octanol–water partition coefficient (Wildman–Crippen LogP) is 2.04. The van der Waals surface area contributed by atoms with E-state index in [0.29, 0.717) is 11.8 Å². The molecule has 1 heterocycles. The maximum absolute atomic E-state index is 10.8. The molecule has 1 aliphatic heterocycles. The van der Waals surface area contributed by atoms with Gasteiger partial charge in [0.05, 0.1) is 0 Å². The van der Waals surface area contributed by atoms with Crippen molar-refractivity contribution in [2.24, 2.45) is 0 Å². The van der Waals surface area contributed by atoms with E-state index in [9.17, 15) is 4.79 Å². The van der Waals surface area contributed by atoms with Gasteiger partial charge in [0.15, 0.2) is 0 Å². The van der Waals surface area contributed by atoms with Crippen LogP contribution in [0.2, 0.25) is 0 Å². The highest BCUT2D eigenvalue weighted by molar-refractivity contribution is 5.69. The van der Waals surface area contributed by atoms with Crippen LogP contribution in [0.25, 0.3) is 0 Å². The standard InChI is InChI=1S/C12H15NO2/c1-9(14)15-11-5-2-4-10(8-11)12-6-3-7-13-12/h2,4-5,8,12-13H,3,6-7H2,1H3/t12-/m0/s1. The van der Waals surface area contributed by atoms with Crippen LogP contribution in [0, 0.1) is 0 Å². The minimum Gasteiger partial charge on any atom is -0.427 e. The molecule has 1 aromatic rings. The van der Waals surface area contributed by atoms with Gasteiger partial charge in [-0.2, -0.15) is 0 Å². The fourth-order valence-electron chi connectivity index (χ4n) is 1.93. The summed E-state index contributed by atoms with van der Waals surface area (Å²) in [4.78, 5) is 10.8. The Morgan fingerprint density at radius 1 is 1.53 bits per heavy atom. The van der Waals surface area contributed by atoms with E-state index in [1.165, 1.54) is 18.9 Å². The van der Waals surface area contributed by atoms with Gasteiger partial charge in [0, 0.05) is 13.0 Å². The number of carbonyl (C=O) groups is 1. The summed E-state index contributed by atoms with van der Waals surface area (Å²) in [6.07, 6.45) is 2.37. The maximum atomic E-state index is 10.8. The molecular weight excluding hydrogens is 190 g/mol. The molecule has 0 aromatic heterocycles. The lowest BCUT2D eigenvalue weighted by atomic mass is 10.1. The number of ether oxygens (including phenoxy) is 1. The van der Waals surface area contributed by atoms with E-state index in [1.807, 2.05) is 12.1 Å². The van der Waals surface area contributed by atoms with Crippen molar-refractivity contribution in [2.45, 2.75) is 25.8 Å². The summed E-state index contributed by atoms with van der Waals surface area (Å²) in [6.45, 7) is 2.49. The maximum Gasteiger partial charge on any atom is 0.308 e. The smallest absolute Gasteiger partial charge is 0.308 e. The molecule has 1 aromatic carbocycles. The average Bonchev–Trinajstić information content (AvgIpc) is 2.69. The topological polar surface area (TPSA) is 38.3 Å². The van der Waals surface area contributed by atoms with Gasteiger partial charge in [-0.15, -0.1) is 0 Å². The molecule has 1 aliphatic rings. The van der Waals surface area contributed by atoms with Crippen molar-refractivity contribution in [3.63, 3.8) is 0 Å². The molecule has 0 radical (unpaired) electrons. The molecule has 0 unspecified atom stereocenters. The van der Waals surface area contributed by atoms with E-state index < -0.39 is 0 Å². The van der Waals surface area contributed by atoms with Gasteiger partial charge in [-0.25, -0.2) is 0 Å². The Bertz CT molecular complexity index is 356. The van der Waals surface area contributed by atoms with Crippen molar-refractivity contribution in [1.82, 2.24) is 5.32 Å². The van der Waals surface area contributed by atoms with Crippen molar-refractivity contribution >= 4 is 5.97 Å². The van der Waals surface area contributed by atoms with E-state index in [2.05, 4.69) is 11.4 Å². The fourth-order valence-corrected chi connectivity index (χ4v) is 1.93. The van der Waals surface area contributed by atoms with Crippen LogP contribution in [0.1, 0.15) is 31.4 Å². The summed E-state index contributed by atoms with van der Waals surface area (Å²) in [7, 11) is 0. The Kier molecular flexibility index (Phi) is 3.02. The fraction of sp³-hybridized carbons (Fsp3) is 0.417. The van der Waals surface area contributed by atoms with Crippen LogP contribution < -0.4 is 10.1 Å². The molecule has 0 aliphatic carbocycles. The Morgan fingerprint density at radius 3 is 3.07 bits per heavy atom. The lowest BCUT2D eigenvalue weighted by molar-refractivity contribution is -0.131. The molecule has 80 valence electrons. The average molecular weight is 205 g/mol. The van der Waals surface area contributed by atoms with Crippen LogP contribution in [0.3, 0.4) is 0 Å². The summed E-state index contributed by atoms with van der Waals surface area (Å²) in [5.41, 5.74) is 1.20. The molecular formula is C12H15NO2. The third-order valence-corrected chi connectivity index (χ3v) is 2.58.